The van der Waals surface area contributed by atoms with Gasteiger partial charge in [0.05, 0.1) is 22.5 Å². The Hall–Kier alpha value is -2.43. The van der Waals surface area contributed by atoms with Crippen molar-refractivity contribution in [2.75, 3.05) is 24.6 Å². The first-order valence-electron chi connectivity index (χ1n) is 10.4. The number of thiophene rings is 1. The Labute approximate surface area is 198 Å². The van der Waals surface area contributed by atoms with Crippen LogP contribution in [-0.2, 0) is 4.79 Å². The third-order valence-electron chi connectivity index (χ3n) is 5.79. The summed E-state index contributed by atoms with van der Waals surface area (Å²) in [4.78, 5) is 41.0. The van der Waals surface area contributed by atoms with Crippen molar-refractivity contribution in [3.05, 3.63) is 45.2 Å². The third-order valence-corrected chi connectivity index (χ3v) is 7.29. The van der Waals surface area contributed by atoms with Gasteiger partial charge < -0.3 is 25.0 Å². The molecule has 3 heterocycles. The number of nitrogens with one attached hydrogen (secondary N) is 1. The summed E-state index contributed by atoms with van der Waals surface area (Å²) in [6, 6.07) is 8.29. The molecule has 0 radical (unpaired) electrons. The first-order valence-corrected chi connectivity index (χ1v) is 12.0. The molecule has 2 saturated heterocycles. The second-order valence-corrected chi connectivity index (χ2v) is 10.4. The van der Waals surface area contributed by atoms with Crippen LogP contribution in [0.5, 0.6) is 5.06 Å². The maximum Gasteiger partial charge on any atom is 0.413 e. The Morgan fingerprint density at radius 1 is 1.31 bits per heavy atom. The molecule has 10 heteroatoms. The number of likely N-dealkylation sites (tertiary alicyclic amines) is 1. The highest BCUT2D eigenvalue weighted by atomic mass is 79.9. The van der Waals surface area contributed by atoms with Gasteiger partial charge in [0.15, 0.2) is 5.06 Å². The quantitative estimate of drug-likeness (QED) is 0.628. The fourth-order valence-corrected chi connectivity index (χ4v) is 5.39. The molecule has 2 aliphatic heterocycles. The summed E-state index contributed by atoms with van der Waals surface area (Å²) in [5, 5.41) is 12.7. The Balaban J connectivity index is 1.40. The minimum Gasteiger partial charge on any atom is -0.399 e. The maximum absolute atomic E-state index is 12.9. The fraction of sp³-hybridized carbons (Fsp3) is 0.409. The molecular weight excluding hydrogens is 498 g/mol. The van der Waals surface area contributed by atoms with E-state index in [9.17, 15) is 19.5 Å². The highest BCUT2D eigenvalue weighted by molar-refractivity contribution is 9.11. The number of amides is 3. The molecule has 2 aromatic rings. The van der Waals surface area contributed by atoms with E-state index in [1.807, 2.05) is 13.0 Å². The molecule has 1 aromatic carbocycles. The Morgan fingerprint density at radius 3 is 2.81 bits per heavy atom. The number of ether oxygens (including phenoxy) is 1. The van der Waals surface area contributed by atoms with Crippen molar-refractivity contribution in [1.29, 1.82) is 0 Å². The van der Waals surface area contributed by atoms with Gasteiger partial charge in [0.1, 0.15) is 0 Å². The van der Waals surface area contributed by atoms with Crippen LogP contribution in [0.3, 0.4) is 0 Å². The molecule has 0 saturated carbocycles. The van der Waals surface area contributed by atoms with Crippen LogP contribution < -0.4 is 15.0 Å². The van der Waals surface area contributed by atoms with Gasteiger partial charge in [-0.3, -0.25) is 9.59 Å². The molecule has 32 heavy (non-hydrogen) atoms. The zero-order chi connectivity index (χ0) is 22.8. The number of aliphatic hydroxyl groups excluding tert-OH is 1. The lowest BCUT2D eigenvalue weighted by Gasteiger charge is -2.24. The first kappa shape index (κ1) is 22.8. The summed E-state index contributed by atoms with van der Waals surface area (Å²) >= 11 is 4.62. The van der Waals surface area contributed by atoms with Gasteiger partial charge in [-0.15, -0.1) is 0 Å². The second-order valence-electron chi connectivity index (χ2n) is 7.97. The van der Waals surface area contributed by atoms with Crippen molar-refractivity contribution >= 4 is 50.9 Å². The lowest BCUT2D eigenvalue weighted by molar-refractivity contribution is -0.117. The van der Waals surface area contributed by atoms with Crippen LogP contribution in [0.25, 0.3) is 0 Å². The number of rotatable bonds is 5. The van der Waals surface area contributed by atoms with Crippen molar-refractivity contribution < 1.29 is 24.2 Å². The summed E-state index contributed by atoms with van der Waals surface area (Å²) in [6.45, 7) is 2.77. The molecule has 0 aliphatic carbocycles. The number of hydrogen-bond acceptors (Lipinski definition) is 6. The molecule has 2 atom stereocenters. The summed E-state index contributed by atoms with van der Waals surface area (Å²) < 4.78 is 6.11. The lowest BCUT2D eigenvalue weighted by atomic mass is 10.1. The zero-order valence-corrected chi connectivity index (χ0v) is 19.9. The summed E-state index contributed by atoms with van der Waals surface area (Å²) in [7, 11) is 0. The molecule has 170 valence electrons. The molecule has 4 rings (SSSR count). The monoisotopic (exact) mass is 521 g/mol. The number of nitrogens with zero attached hydrogens (tertiary/aromatic N) is 2. The van der Waals surface area contributed by atoms with Crippen LogP contribution in [0.1, 0.15) is 35.2 Å². The highest BCUT2D eigenvalue weighted by Gasteiger charge is 2.33. The first-order chi connectivity index (χ1) is 15.4. The predicted octanol–water partition coefficient (Wildman–Crippen LogP) is 3.31. The van der Waals surface area contributed by atoms with Crippen molar-refractivity contribution in [3.8, 4) is 5.06 Å². The SMILES string of the molecule is Cc1cc(N2CC(NC(=O)Oc3ccc(Br)s3)CC2=O)ccc1C(=O)N1CCC[C@H]1CO. The van der Waals surface area contributed by atoms with Crippen LogP contribution in [0.15, 0.2) is 34.1 Å². The van der Waals surface area contributed by atoms with E-state index in [-0.39, 0.29) is 36.9 Å². The standard InChI is InChI=1S/C22H24BrN3O5S/c1-13-9-15(4-5-17(13)21(29)25-8-2-3-16(25)12-27)26-11-14(10-19(26)28)24-22(30)31-20-7-6-18(23)32-20/h4-7,9,14,16,27H,2-3,8,10-12H2,1H3,(H,24,30)/t14?,16-/m0/s1. The molecule has 2 fully saturated rings. The van der Waals surface area contributed by atoms with Crippen LogP contribution in [-0.4, -0.2) is 59.7 Å². The Kier molecular flexibility index (Phi) is 6.82. The van der Waals surface area contributed by atoms with E-state index in [0.29, 0.717) is 29.4 Å². The van der Waals surface area contributed by atoms with Gasteiger partial charge in [-0.1, -0.05) is 11.3 Å². The number of aliphatic hydroxyl groups is 1. The number of halogens is 1. The predicted molar refractivity (Wildman–Crippen MR) is 124 cm³/mol. The van der Waals surface area contributed by atoms with E-state index in [2.05, 4.69) is 21.2 Å². The topological polar surface area (TPSA) is 99.2 Å². The lowest BCUT2D eigenvalue weighted by Crippen LogP contribution is -2.39. The van der Waals surface area contributed by atoms with E-state index < -0.39 is 6.09 Å². The third kappa shape index (κ3) is 4.82. The summed E-state index contributed by atoms with van der Waals surface area (Å²) in [5.74, 6) is -0.201. The number of hydrogen-bond donors (Lipinski definition) is 2. The van der Waals surface area contributed by atoms with E-state index >= 15 is 0 Å². The van der Waals surface area contributed by atoms with Gasteiger partial charge in [0.25, 0.3) is 5.91 Å². The molecule has 2 aliphatic rings. The highest BCUT2D eigenvalue weighted by Crippen LogP contribution is 2.29. The van der Waals surface area contributed by atoms with Gasteiger partial charge in [-0.25, -0.2) is 4.79 Å². The molecule has 0 spiro atoms. The molecule has 8 nitrogen and oxygen atoms in total. The minimum atomic E-state index is -0.597. The molecule has 1 aromatic heterocycles. The van der Waals surface area contributed by atoms with Gasteiger partial charge in [-0.05, 0) is 71.6 Å². The summed E-state index contributed by atoms with van der Waals surface area (Å²) in [6.07, 6.45) is 1.27. The smallest absolute Gasteiger partial charge is 0.399 e. The molecule has 2 N–H and O–H groups in total. The van der Waals surface area contributed by atoms with E-state index in [1.54, 1.807) is 34.1 Å². The van der Waals surface area contributed by atoms with Gasteiger partial charge in [0, 0.05) is 30.8 Å². The van der Waals surface area contributed by atoms with Crippen LogP contribution in [0, 0.1) is 6.92 Å². The average molecular weight is 522 g/mol. The molecule has 0 bridgehead atoms. The fourth-order valence-electron chi connectivity index (χ4n) is 4.20. The Morgan fingerprint density at radius 2 is 2.12 bits per heavy atom. The van der Waals surface area contributed by atoms with Gasteiger partial charge >= 0.3 is 6.09 Å². The minimum absolute atomic E-state index is 0.0360. The van der Waals surface area contributed by atoms with Gasteiger partial charge in [0.2, 0.25) is 5.91 Å². The summed E-state index contributed by atoms with van der Waals surface area (Å²) in [5.41, 5.74) is 2.02. The average Bonchev–Trinajstić information content (AvgIpc) is 3.47. The Bertz CT molecular complexity index is 1040. The number of anilines is 1. The number of benzene rings is 1. The van der Waals surface area contributed by atoms with Crippen molar-refractivity contribution in [2.45, 2.75) is 38.3 Å². The maximum atomic E-state index is 12.9. The second kappa shape index (κ2) is 9.60. The van der Waals surface area contributed by atoms with Crippen LogP contribution in [0.4, 0.5) is 10.5 Å². The van der Waals surface area contributed by atoms with Crippen molar-refractivity contribution in [3.63, 3.8) is 0 Å². The van der Waals surface area contributed by atoms with Crippen molar-refractivity contribution in [1.82, 2.24) is 10.2 Å². The number of carbonyl (C=O) groups excluding carboxylic acids is 3. The van der Waals surface area contributed by atoms with Crippen molar-refractivity contribution in [2.24, 2.45) is 0 Å². The van der Waals surface area contributed by atoms with E-state index in [4.69, 9.17) is 4.74 Å². The zero-order valence-electron chi connectivity index (χ0n) is 17.5. The molecule has 1 unspecified atom stereocenters. The molecule has 3 amide bonds. The molecular formula is C22H24BrN3O5S. The van der Waals surface area contributed by atoms with Gasteiger partial charge in [-0.2, -0.15) is 0 Å². The number of carbonyl (C=O) groups is 3. The normalized spacial score (nSPS) is 20.7. The largest absolute Gasteiger partial charge is 0.413 e. The van der Waals surface area contributed by atoms with E-state index in [0.717, 1.165) is 22.2 Å². The van der Waals surface area contributed by atoms with E-state index in [1.165, 1.54) is 11.3 Å². The van der Waals surface area contributed by atoms with Crippen LogP contribution >= 0.6 is 27.3 Å². The van der Waals surface area contributed by atoms with Crippen LogP contribution in [0.2, 0.25) is 0 Å². The number of aryl methyl sites for hydroxylation is 1.